The van der Waals surface area contributed by atoms with E-state index in [4.69, 9.17) is 14.6 Å². The van der Waals surface area contributed by atoms with Crippen LogP contribution in [0.4, 0.5) is 9.59 Å². The number of guanidine groups is 1. The maximum absolute atomic E-state index is 12.0. The molecule has 0 spiro atoms. The fourth-order valence-electron chi connectivity index (χ4n) is 2.08. The number of amides is 2. The van der Waals surface area contributed by atoms with Gasteiger partial charge >= 0.3 is 18.2 Å². The van der Waals surface area contributed by atoms with Crippen LogP contribution in [0, 0.1) is 0 Å². The summed E-state index contributed by atoms with van der Waals surface area (Å²) >= 11 is 0. The lowest BCUT2D eigenvalue weighted by Crippen LogP contribution is -2.47. The first kappa shape index (κ1) is 21.7. The summed E-state index contributed by atoms with van der Waals surface area (Å²) in [5.74, 6) is -1.14. The Morgan fingerprint density at radius 1 is 1.00 bits per heavy atom. The van der Waals surface area contributed by atoms with Crippen molar-refractivity contribution in [2.75, 3.05) is 6.54 Å². The number of carbonyl (C=O) groups is 3. The molecule has 1 fully saturated rings. The standard InChI is InChI=1S/C16H28N4O6/c1-15(2,3)25-13(23)19-12(20-14(24)26-16(4,5)6)18-9-7-10(11(21)22)17-8-9/h9-10,17H,7-8H2,1-6H3,(H,21,22)(H2,18,19,20,23,24)/t9-,10+/m1/s1. The van der Waals surface area contributed by atoms with Crippen LogP contribution in [0.2, 0.25) is 0 Å². The van der Waals surface area contributed by atoms with Crippen LogP contribution in [-0.2, 0) is 14.3 Å². The van der Waals surface area contributed by atoms with Crippen LogP contribution in [-0.4, -0.2) is 59.1 Å². The van der Waals surface area contributed by atoms with Gasteiger partial charge < -0.3 is 19.9 Å². The number of aliphatic carboxylic acids is 1. The molecule has 4 N–H and O–H groups in total. The highest BCUT2D eigenvalue weighted by atomic mass is 16.6. The topological polar surface area (TPSA) is 138 Å². The SMILES string of the molecule is CC(C)(C)OC(=O)NC(=N[C@H]1CN[C@H](C(=O)O)C1)NC(=O)OC(C)(C)C. The molecule has 0 radical (unpaired) electrons. The minimum Gasteiger partial charge on any atom is -0.480 e. The molecule has 0 unspecified atom stereocenters. The van der Waals surface area contributed by atoms with Gasteiger partial charge in [0.15, 0.2) is 0 Å². The Morgan fingerprint density at radius 2 is 1.46 bits per heavy atom. The van der Waals surface area contributed by atoms with Gasteiger partial charge in [0.1, 0.15) is 17.2 Å². The molecule has 148 valence electrons. The molecule has 0 aliphatic carbocycles. The number of hydrogen-bond donors (Lipinski definition) is 4. The average Bonchev–Trinajstić information content (AvgIpc) is 2.82. The van der Waals surface area contributed by atoms with E-state index in [1.165, 1.54) is 0 Å². The zero-order valence-electron chi connectivity index (χ0n) is 16.0. The summed E-state index contributed by atoms with van der Waals surface area (Å²) in [4.78, 5) is 39.2. The van der Waals surface area contributed by atoms with Crippen molar-refractivity contribution in [1.82, 2.24) is 16.0 Å². The van der Waals surface area contributed by atoms with E-state index < -0.39 is 41.4 Å². The number of hydrogen-bond acceptors (Lipinski definition) is 7. The van der Waals surface area contributed by atoms with Gasteiger partial charge in [-0.1, -0.05) is 0 Å². The van der Waals surface area contributed by atoms with Crippen molar-refractivity contribution < 1.29 is 29.0 Å². The fraction of sp³-hybridized carbons (Fsp3) is 0.750. The molecule has 10 heteroatoms. The number of carboxylic acid groups (broad SMARTS) is 1. The van der Waals surface area contributed by atoms with Gasteiger partial charge in [-0.15, -0.1) is 0 Å². The molecule has 0 saturated carbocycles. The third kappa shape index (κ3) is 8.65. The fourth-order valence-corrected chi connectivity index (χ4v) is 2.08. The van der Waals surface area contributed by atoms with Gasteiger partial charge in [-0.05, 0) is 48.0 Å². The third-order valence-electron chi connectivity index (χ3n) is 2.96. The van der Waals surface area contributed by atoms with Gasteiger partial charge in [0.05, 0.1) is 6.04 Å². The second-order valence-electron chi connectivity index (χ2n) is 7.92. The summed E-state index contributed by atoms with van der Waals surface area (Å²) in [7, 11) is 0. The number of carboxylic acids is 1. The van der Waals surface area contributed by atoms with Crippen LogP contribution in [0.15, 0.2) is 4.99 Å². The highest BCUT2D eigenvalue weighted by Gasteiger charge is 2.30. The van der Waals surface area contributed by atoms with E-state index in [1.54, 1.807) is 41.5 Å². The van der Waals surface area contributed by atoms with Crippen molar-refractivity contribution in [3.63, 3.8) is 0 Å². The van der Waals surface area contributed by atoms with Gasteiger partial charge in [0, 0.05) is 6.54 Å². The van der Waals surface area contributed by atoms with Crippen LogP contribution < -0.4 is 16.0 Å². The Morgan fingerprint density at radius 3 is 1.81 bits per heavy atom. The second kappa shape index (κ2) is 8.35. The monoisotopic (exact) mass is 372 g/mol. The molecular weight excluding hydrogens is 344 g/mol. The summed E-state index contributed by atoms with van der Waals surface area (Å²) in [6, 6.07) is -1.16. The van der Waals surface area contributed by atoms with Gasteiger partial charge in [0.2, 0.25) is 5.96 Å². The molecule has 0 aromatic rings. The molecule has 1 heterocycles. The lowest BCUT2D eigenvalue weighted by atomic mass is 10.2. The first-order chi connectivity index (χ1) is 11.7. The number of rotatable bonds is 2. The van der Waals surface area contributed by atoms with Crippen molar-refractivity contribution in [3.05, 3.63) is 0 Å². The van der Waals surface area contributed by atoms with Crippen molar-refractivity contribution in [2.45, 2.75) is 71.2 Å². The van der Waals surface area contributed by atoms with Gasteiger partial charge in [0.25, 0.3) is 0 Å². The summed E-state index contributed by atoms with van der Waals surface area (Å²) in [5, 5.41) is 16.5. The molecule has 0 bridgehead atoms. The normalized spacial score (nSPS) is 20.1. The van der Waals surface area contributed by atoms with E-state index in [-0.39, 0.29) is 12.4 Å². The number of aliphatic imine (C=N–C) groups is 1. The van der Waals surface area contributed by atoms with E-state index >= 15 is 0 Å². The van der Waals surface area contributed by atoms with Crippen molar-refractivity contribution in [1.29, 1.82) is 0 Å². The molecule has 1 aliphatic rings. The molecule has 1 aliphatic heterocycles. The second-order valence-corrected chi connectivity index (χ2v) is 7.92. The minimum atomic E-state index is -0.982. The van der Waals surface area contributed by atoms with E-state index in [2.05, 4.69) is 20.9 Å². The number of alkyl carbamates (subject to hydrolysis) is 2. The Labute approximate surface area is 152 Å². The van der Waals surface area contributed by atoms with Crippen LogP contribution in [0.5, 0.6) is 0 Å². The zero-order valence-corrected chi connectivity index (χ0v) is 16.0. The van der Waals surface area contributed by atoms with E-state index in [1.807, 2.05) is 0 Å². The Hall–Kier alpha value is -2.36. The minimum absolute atomic E-state index is 0.161. The van der Waals surface area contributed by atoms with Gasteiger partial charge in [-0.25, -0.2) is 14.6 Å². The molecular formula is C16H28N4O6. The summed E-state index contributed by atoms with van der Waals surface area (Å²) in [6.07, 6.45) is -1.37. The predicted molar refractivity (Wildman–Crippen MR) is 94.0 cm³/mol. The number of ether oxygens (including phenoxy) is 2. The molecule has 0 aromatic heterocycles. The first-order valence-corrected chi connectivity index (χ1v) is 8.29. The summed E-state index contributed by atoms with van der Waals surface area (Å²) < 4.78 is 10.3. The molecule has 0 aromatic carbocycles. The summed E-state index contributed by atoms with van der Waals surface area (Å²) in [5.41, 5.74) is -1.46. The van der Waals surface area contributed by atoms with Gasteiger partial charge in [-0.2, -0.15) is 0 Å². The maximum atomic E-state index is 12.0. The van der Waals surface area contributed by atoms with Crippen molar-refractivity contribution in [3.8, 4) is 0 Å². The molecule has 2 atom stereocenters. The number of nitrogens with one attached hydrogen (secondary N) is 3. The van der Waals surface area contributed by atoms with Crippen LogP contribution in [0.3, 0.4) is 0 Å². The van der Waals surface area contributed by atoms with Gasteiger partial charge in [-0.3, -0.25) is 15.4 Å². The molecule has 10 nitrogen and oxygen atoms in total. The average molecular weight is 372 g/mol. The quantitative estimate of drug-likeness (QED) is 0.422. The summed E-state index contributed by atoms with van der Waals surface area (Å²) in [6.45, 7) is 10.5. The van der Waals surface area contributed by atoms with Crippen molar-refractivity contribution in [2.24, 2.45) is 4.99 Å². The van der Waals surface area contributed by atoms with Crippen LogP contribution >= 0.6 is 0 Å². The van der Waals surface area contributed by atoms with E-state index in [0.717, 1.165) is 0 Å². The maximum Gasteiger partial charge on any atom is 0.414 e. The van der Waals surface area contributed by atoms with Crippen LogP contribution in [0.25, 0.3) is 0 Å². The number of carbonyl (C=O) groups excluding carboxylic acids is 2. The highest BCUT2D eigenvalue weighted by molar-refractivity contribution is 6.01. The molecule has 1 rings (SSSR count). The van der Waals surface area contributed by atoms with Crippen molar-refractivity contribution >= 4 is 24.1 Å². The smallest absolute Gasteiger partial charge is 0.414 e. The predicted octanol–water partition coefficient (Wildman–Crippen LogP) is 1.21. The first-order valence-electron chi connectivity index (χ1n) is 8.29. The largest absolute Gasteiger partial charge is 0.480 e. The Bertz CT molecular complexity index is 544. The highest BCUT2D eigenvalue weighted by Crippen LogP contribution is 2.11. The van der Waals surface area contributed by atoms with E-state index in [0.29, 0.717) is 6.54 Å². The zero-order chi connectivity index (χ0) is 20.1. The Kier molecular flexibility index (Phi) is 6.96. The molecule has 2 amide bonds. The Balaban J connectivity index is 2.84. The van der Waals surface area contributed by atoms with Crippen LogP contribution in [0.1, 0.15) is 48.0 Å². The molecule has 26 heavy (non-hydrogen) atoms. The van der Waals surface area contributed by atoms with E-state index in [9.17, 15) is 14.4 Å². The number of nitrogens with zero attached hydrogens (tertiary/aromatic N) is 1. The lowest BCUT2D eigenvalue weighted by molar-refractivity contribution is -0.139. The lowest BCUT2D eigenvalue weighted by Gasteiger charge is -2.22. The molecule has 1 saturated heterocycles. The third-order valence-corrected chi connectivity index (χ3v) is 2.96.